The van der Waals surface area contributed by atoms with Crippen LogP contribution < -0.4 is 5.32 Å². The summed E-state index contributed by atoms with van der Waals surface area (Å²) in [5.74, 6) is 1.14. The molecule has 0 saturated carbocycles. The Morgan fingerprint density at radius 2 is 2.00 bits per heavy atom. The first kappa shape index (κ1) is 23.8. The number of hydrogen-bond donors (Lipinski definition) is 2. The number of nitrogens with one attached hydrogen (secondary N) is 1. The second-order valence-corrected chi connectivity index (χ2v) is 9.12. The SMILES string of the molecule is CCCCC(=O)c1c(CCCC)nc(NC2CCOCC2)n1Cc1ccc(O)c(Br)c1. The van der Waals surface area contributed by atoms with E-state index >= 15 is 0 Å². The summed E-state index contributed by atoms with van der Waals surface area (Å²) in [5, 5.41) is 13.5. The van der Waals surface area contributed by atoms with Crippen molar-refractivity contribution < 1.29 is 14.6 Å². The first-order valence-electron chi connectivity index (χ1n) is 11.5. The van der Waals surface area contributed by atoms with Crippen molar-refractivity contribution in [2.24, 2.45) is 0 Å². The van der Waals surface area contributed by atoms with Crippen LogP contribution in [0.5, 0.6) is 5.75 Å². The van der Waals surface area contributed by atoms with E-state index in [2.05, 4.69) is 39.7 Å². The predicted octanol–water partition coefficient (Wildman–Crippen LogP) is 5.71. The number of phenolic OH excluding ortho intramolecular Hbond substituents is 1. The summed E-state index contributed by atoms with van der Waals surface area (Å²) < 4.78 is 8.20. The number of imidazole rings is 1. The number of aryl methyl sites for hydroxylation is 1. The largest absolute Gasteiger partial charge is 0.507 e. The number of unbranched alkanes of at least 4 members (excludes halogenated alkanes) is 2. The molecule has 1 aromatic heterocycles. The number of Topliss-reactive ketones (excluding diaryl/α,β-unsaturated/α-hetero) is 1. The average Bonchev–Trinajstić information content (AvgIpc) is 3.10. The van der Waals surface area contributed by atoms with Gasteiger partial charge in [-0.05, 0) is 65.7 Å². The Labute approximate surface area is 193 Å². The van der Waals surface area contributed by atoms with E-state index in [-0.39, 0.29) is 11.5 Å². The number of carbonyl (C=O) groups excluding carboxylic acids is 1. The maximum atomic E-state index is 13.3. The first-order valence-corrected chi connectivity index (χ1v) is 12.3. The van der Waals surface area contributed by atoms with Crippen LogP contribution in [0.25, 0.3) is 0 Å². The van der Waals surface area contributed by atoms with Crippen LogP contribution in [-0.4, -0.2) is 39.7 Å². The van der Waals surface area contributed by atoms with Gasteiger partial charge < -0.3 is 19.7 Å². The standard InChI is InChI=1S/C24H34BrN3O3/c1-3-5-7-20-23(22(30)8-6-4-2)28(16-17-9-10-21(29)19(25)15-17)24(27-20)26-18-11-13-31-14-12-18/h9-10,15,18,29H,3-8,11-14,16H2,1-2H3,(H,26,27). The molecule has 0 aliphatic carbocycles. The van der Waals surface area contributed by atoms with Gasteiger partial charge in [0.2, 0.25) is 5.95 Å². The second-order valence-electron chi connectivity index (χ2n) is 8.26. The lowest BCUT2D eigenvalue weighted by molar-refractivity contribution is 0.0901. The lowest BCUT2D eigenvalue weighted by Gasteiger charge is -2.24. The lowest BCUT2D eigenvalue weighted by Crippen LogP contribution is -2.29. The zero-order chi connectivity index (χ0) is 22.2. The number of aromatic hydroxyl groups is 1. The van der Waals surface area contributed by atoms with Crippen molar-refractivity contribution in [2.45, 2.75) is 77.8 Å². The van der Waals surface area contributed by atoms with E-state index in [1.165, 1.54) is 0 Å². The Hall–Kier alpha value is -1.86. The minimum atomic E-state index is 0.165. The van der Waals surface area contributed by atoms with Crippen LogP contribution in [-0.2, 0) is 17.7 Å². The summed E-state index contributed by atoms with van der Waals surface area (Å²) in [6, 6.07) is 5.77. The van der Waals surface area contributed by atoms with Crippen LogP contribution in [0.1, 0.15) is 80.5 Å². The summed E-state index contributed by atoms with van der Waals surface area (Å²) >= 11 is 3.41. The highest BCUT2D eigenvalue weighted by Gasteiger charge is 2.25. The molecule has 2 aromatic rings. The van der Waals surface area contributed by atoms with Gasteiger partial charge in [-0.1, -0.05) is 32.8 Å². The molecule has 1 aromatic carbocycles. The normalized spacial score (nSPS) is 14.7. The molecule has 31 heavy (non-hydrogen) atoms. The second kappa shape index (κ2) is 11.7. The number of benzene rings is 1. The molecule has 0 atom stereocenters. The van der Waals surface area contributed by atoms with Gasteiger partial charge in [-0.3, -0.25) is 4.79 Å². The number of ketones is 1. The van der Waals surface area contributed by atoms with Crippen LogP contribution in [0.3, 0.4) is 0 Å². The molecule has 1 aliphatic heterocycles. The fraction of sp³-hybridized carbons (Fsp3) is 0.583. The van der Waals surface area contributed by atoms with Crippen molar-refractivity contribution >= 4 is 27.7 Å². The molecule has 2 heterocycles. The summed E-state index contributed by atoms with van der Waals surface area (Å²) in [6.07, 6.45) is 7.14. The number of carbonyl (C=O) groups is 1. The number of nitrogens with zero attached hydrogens (tertiary/aromatic N) is 2. The fourth-order valence-electron chi connectivity index (χ4n) is 3.91. The van der Waals surface area contributed by atoms with E-state index in [0.29, 0.717) is 23.5 Å². The van der Waals surface area contributed by atoms with Crippen LogP contribution in [0.4, 0.5) is 5.95 Å². The molecule has 1 saturated heterocycles. The molecular weight excluding hydrogens is 458 g/mol. The van der Waals surface area contributed by atoms with Gasteiger partial charge in [0.25, 0.3) is 0 Å². The zero-order valence-electron chi connectivity index (χ0n) is 18.6. The highest BCUT2D eigenvalue weighted by atomic mass is 79.9. The van der Waals surface area contributed by atoms with E-state index < -0.39 is 0 Å². The van der Waals surface area contributed by atoms with Crippen molar-refractivity contribution in [2.75, 3.05) is 18.5 Å². The third-order valence-electron chi connectivity index (χ3n) is 5.74. The maximum absolute atomic E-state index is 13.3. The van der Waals surface area contributed by atoms with E-state index in [0.717, 1.165) is 81.1 Å². The first-order chi connectivity index (χ1) is 15.0. The van der Waals surface area contributed by atoms with Gasteiger partial charge in [0.15, 0.2) is 5.78 Å². The minimum Gasteiger partial charge on any atom is -0.507 e. The molecule has 170 valence electrons. The number of halogens is 1. The molecule has 3 rings (SSSR count). The van der Waals surface area contributed by atoms with Gasteiger partial charge in [0.1, 0.15) is 11.4 Å². The zero-order valence-corrected chi connectivity index (χ0v) is 20.2. The number of anilines is 1. The van der Waals surface area contributed by atoms with Crippen LogP contribution in [0, 0.1) is 0 Å². The number of phenols is 1. The number of rotatable bonds is 11. The monoisotopic (exact) mass is 491 g/mol. The fourth-order valence-corrected chi connectivity index (χ4v) is 4.33. The van der Waals surface area contributed by atoms with E-state index in [1.54, 1.807) is 6.07 Å². The van der Waals surface area contributed by atoms with E-state index in [4.69, 9.17) is 9.72 Å². The summed E-state index contributed by atoms with van der Waals surface area (Å²) in [7, 11) is 0. The van der Waals surface area contributed by atoms with Crippen molar-refractivity contribution in [3.63, 3.8) is 0 Å². The number of hydrogen-bond acceptors (Lipinski definition) is 5. The van der Waals surface area contributed by atoms with Crippen LogP contribution in [0.2, 0.25) is 0 Å². The summed E-state index contributed by atoms with van der Waals surface area (Å²) in [5.41, 5.74) is 2.64. The maximum Gasteiger partial charge on any atom is 0.204 e. The Morgan fingerprint density at radius 1 is 1.26 bits per heavy atom. The molecule has 6 nitrogen and oxygen atoms in total. The van der Waals surface area contributed by atoms with E-state index in [9.17, 15) is 9.90 Å². The van der Waals surface area contributed by atoms with Crippen molar-refractivity contribution in [1.29, 1.82) is 0 Å². The molecule has 1 fully saturated rings. The van der Waals surface area contributed by atoms with Gasteiger partial charge in [-0.2, -0.15) is 0 Å². The van der Waals surface area contributed by atoms with Crippen LogP contribution >= 0.6 is 15.9 Å². The lowest BCUT2D eigenvalue weighted by atomic mass is 10.1. The third kappa shape index (κ3) is 6.32. The summed E-state index contributed by atoms with van der Waals surface area (Å²) in [6.45, 7) is 6.28. The molecule has 0 amide bonds. The molecule has 2 N–H and O–H groups in total. The van der Waals surface area contributed by atoms with Gasteiger partial charge in [0.05, 0.1) is 16.7 Å². The highest BCUT2D eigenvalue weighted by molar-refractivity contribution is 9.10. The summed E-state index contributed by atoms with van der Waals surface area (Å²) in [4.78, 5) is 18.2. The van der Waals surface area contributed by atoms with Gasteiger partial charge in [-0.25, -0.2) is 4.98 Å². The molecule has 0 radical (unpaired) electrons. The van der Waals surface area contributed by atoms with Crippen molar-refractivity contribution in [3.05, 3.63) is 39.6 Å². The highest BCUT2D eigenvalue weighted by Crippen LogP contribution is 2.28. The van der Waals surface area contributed by atoms with E-state index in [1.807, 2.05) is 12.1 Å². The Balaban J connectivity index is 2.00. The third-order valence-corrected chi connectivity index (χ3v) is 6.37. The van der Waals surface area contributed by atoms with Gasteiger partial charge in [-0.15, -0.1) is 0 Å². The smallest absolute Gasteiger partial charge is 0.204 e. The molecule has 0 bridgehead atoms. The Kier molecular flexibility index (Phi) is 8.96. The van der Waals surface area contributed by atoms with Gasteiger partial charge >= 0.3 is 0 Å². The average molecular weight is 492 g/mol. The molecule has 0 spiro atoms. The van der Waals surface area contributed by atoms with Gasteiger partial charge in [0, 0.05) is 25.7 Å². The minimum absolute atomic E-state index is 0.165. The molecular formula is C24H34BrN3O3. The number of aromatic nitrogens is 2. The predicted molar refractivity (Wildman–Crippen MR) is 127 cm³/mol. The van der Waals surface area contributed by atoms with Crippen molar-refractivity contribution in [1.82, 2.24) is 9.55 Å². The van der Waals surface area contributed by atoms with Crippen LogP contribution in [0.15, 0.2) is 22.7 Å². The quantitative estimate of drug-likeness (QED) is 0.393. The van der Waals surface area contributed by atoms with Crippen molar-refractivity contribution in [3.8, 4) is 5.75 Å². The molecule has 0 unspecified atom stereocenters. The molecule has 1 aliphatic rings. The molecule has 7 heteroatoms. The number of ether oxygens (including phenoxy) is 1. The Morgan fingerprint density at radius 3 is 2.68 bits per heavy atom. The Bertz CT molecular complexity index is 875. The topological polar surface area (TPSA) is 76.4 Å².